The summed E-state index contributed by atoms with van der Waals surface area (Å²) >= 11 is 0. The van der Waals surface area contributed by atoms with Gasteiger partial charge in [0.05, 0.1) is 10.5 Å². The number of nitrogens with one attached hydrogen (secondary N) is 2. The summed E-state index contributed by atoms with van der Waals surface area (Å²) in [6.45, 7) is -0.404. The first-order valence-corrected chi connectivity index (χ1v) is 6.97. The smallest absolute Gasteiger partial charge is 0.276 e. The SMILES string of the molecule is N#Cc1ccccc1OCC(=O)NNC(=O)c1ccc([N+](=O)[O-])cc1. The summed E-state index contributed by atoms with van der Waals surface area (Å²) in [5.41, 5.74) is 4.58. The number of amides is 2. The van der Waals surface area contributed by atoms with Gasteiger partial charge in [0.25, 0.3) is 17.5 Å². The Labute approximate surface area is 142 Å². The first-order valence-electron chi connectivity index (χ1n) is 6.97. The minimum Gasteiger partial charge on any atom is -0.482 e. The summed E-state index contributed by atoms with van der Waals surface area (Å²) in [7, 11) is 0. The fourth-order valence-corrected chi connectivity index (χ4v) is 1.80. The molecule has 0 aliphatic carbocycles. The van der Waals surface area contributed by atoms with Crippen LogP contribution in [-0.4, -0.2) is 23.3 Å². The lowest BCUT2D eigenvalue weighted by molar-refractivity contribution is -0.384. The van der Waals surface area contributed by atoms with Gasteiger partial charge in [-0.1, -0.05) is 12.1 Å². The normalized spacial score (nSPS) is 9.56. The van der Waals surface area contributed by atoms with Crippen LogP contribution in [-0.2, 0) is 4.79 Å². The quantitative estimate of drug-likeness (QED) is 0.622. The van der Waals surface area contributed by atoms with Gasteiger partial charge in [0.2, 0.25) is 0 Å². The predicted octanol–water partition coefficient (Wildman–Crippen LogP) is 1.31. The van der Waals surface area contributed by atoms with E-state index >= 15 is 0 Å². The van der Waals surface area contributed by atoms with Crippen molar-refractivity contribution >= 4 is 17.5 Å². The van der Waals surface area contributed by atoms with Crippen LogP contribution in [0.2, 0.25) is 0 Å². The molecule has 0 radical (unpaired) electrons. The van der Waals surface area contributed by atoms with E-state index in [4.69, 9.17) is 10.00 Å². The van der Waals surface area contributed by atoms with E-state index < -0.39 is 23.3 Å². The van der Waals surface area contributed by atoms with E-state index in [2.05, 4.69) is 10.9 Å². The standard InChI is InChI=1S/C16H12N4O5/c17-9-12-3-1-2-4-14(12)25-10-15(21)18-19-16(22)11-5-7-13(8-6-11)20(23)24/h1-8H,10H2,(H,18,21)(H,19,22). The molecule has 9 heteroatoms. The average Bonchev–Trinajstić information content (AvgIpc) is 2.64. The second-order valence-corrected chi connectivity index (χ2v) is 4.70. The summed E-state index contributed by atoms with van der Waals surface area (Å²) in [5, 5.41) is 19.5. The number of nitro benzene ring substituents is 1. The second-order valence-electron chi connectivity index (χ2n) is 4.70. The zero-order chi connectivity index (χ0) is 18.2. The van der Waals surface area contributed by atoms with E-state index in [-0.39, 0.29) is 22.6 Å². The van der Waals surface area contributed by atoms with Gasteiger partial charge < -0.3 is 4.74 Å². The molecule has 0 aromatic heterocycles. The van der Waals surface area contributed by atoms with Gasteiger partial charge in [-0.15, -0.1) is 0 Å². The molecule has 126 valence electrons. The number of non-ortho nitro benzene ring substituents is 1. The summed E-state index contributed by atoms with van der Waals surface area (Å²) < 4.78 is 5.21. The molecule has 0 spiro atoms. The van der Waals surface area contributed by atoms with Gasteiger partial charge >= 0.3 is 0 Å². The number of nitro groups is 1. The maximum atomic E-state index is 11.8. The molecule has 9 nitrogen and oxygen atoms in total. The first-order chi connectivity index (χ1) is 12.0. The molecule has 25 heavy (non-hydrogen) atoms. The van der Waals surface area contributed by atoms with E-state index in [1.165, 1.54) is 24.3 Å². The number of rotatable bonds is 5. The number of benzene rings is 2. The summed E-state index contributed by atoms with van der Waals surface area (Å²) in [4.78, 5) is 33.5. The average molecular weight is 340 g/mol. The summed E-state index contributed by atoms with van der Waals surface area (Å²) in [5.74, 6) is -1.02. The Kier molecular flexibility index (Phi) is 5.63. The van der Waals surface area contributed by atoms with Crippen molar-refractivity contribution in [2.45, 2.75) is 0 Å². The Morgan fingerprint density at radius 3 is 2.44 bits per heavy atom. The Hall–Kier alpha value is -3.93. The lowest BCUT2D eigenvalue weighted by Gasteiger charge is -2.09. The van der Waals surface area contributed by atoms with Crippen molar-refractivity contribution in [3.63, 3.8) is 0 Å². The number of carbonyl (C=O) groups is 2. The van der Waals surface area contributed by atoms with Crippen LogP contribution in [0.1, 0.15) is 15.9 Å². The lowest BCUT2D eigenvalue weighted by Crippen LogP contribution is -2.43. The topological polar surface area (TPSA) is 134 Å². The van der Waals surface area contributed by atoms with Gasteiger partial charge in [-0.3, -0.25) is 30.6 Å². The zero-order valence-electron chi connectivity index (χ0n) is 12.8. The fourth-order valence-electron chi connectivity index (χ4n) is 1.80. The van der Waals surface area contributed by atoms with Crippen LogP contribution >= 0.6 is 0 Å². The molecule has 0 atom stereocenters. The molecule has 0 aliphatic heterocycles. The highest BCUT2D eigenvalue weighted by Gasteiger charge is 2.11. The van der Waals surface area contributed by atoms with Crippen molar-refractivity contribution in [2.75, 3.05) is 6.61 Å². The third kappa shape index (κ3) is 4.77. The van der Waals surface area contributed by atoms with Crippen molar-refractivity contribution in [3.05, 3.63) is 69.8 Å². The van der Waals surface area contributed by atoms with Gasteiger partial charge in [0.1, 0.15) is 11.8 Å². The molecule has 2 aromatic rings. The van der Waals surface area contributed by atoms with E-state index in [0.717, 1.165) is 0 Å². The number of hydrogen-bond acceptors (Lipinski definition) is 6. The molecule has 0 heterocycles. The lowest BCUT2D eigenvalue weighted by atomic mass is 10.2. The molecule has 0 saturated carbocycles. The number of nitriles is 1. The van der Waals surface area contributed by atoms with Gasteiger partial charge in [-0.25, -0.2) is 0 Å². The Morgan fingerprint density at radius 2 is 1.80 bits per heavy atom. The van der Waals surface area contributed by atoms with Crippen LogP contribution in [0.15, 0.2) is 48.5 Å². The molecular weight excluding hydrogens is 328 g/mol. The van der Waals surface area contributed by atoms with Crippen molar-refractivity contribution in [1.82, 2.24) is 10.9 Å². The van der Waals surface area contributed by atoms with Crippen molar-refractivity contribution in [1.29, 1.82) is 5.26 Å². The Bertz CT molecular complexity index is 842. The number of hydrogen-bond donors (Lipinski definition) is 2. The highest BCUT2D eigenvalue weighted by molar-refractivity contribution is 5.95. The Morgan fingerprint density at radius 1 is 1.12 bits per heavy atom. The minimum absolute atomic E-state index is 0.140. The van der Waals surface area contributed by atoms with Gasteiger partial charge in [0, 0.05) is 17.7 Å². The molecule has 2 N–H and O–H groups in total. The molecular formula is C16H12N4O5. The van der Waals surface area contributed by atoms with E-state index in [1.54, 1.807) is 24.3 Å². The summed E-state index contributed by atoms with van der Waals surface area (Å²) in [6, 6.07) is 13.2. The van der Waals surface area contributed by atoms with E-state index in [1.807, 2.05) is 6.07 Å². The molecule has 0 fully saturated rings. The predicted molar refractivity (Wildman–Crippen MR) is 85.4 cm³/mol. The van der Waals surface area contributed by atoms with Crippen LogP contribution < -0.4 is 15.6 Å². The van der Waals surface area contributed by atoms with Gasteiger partial charge in [-0.2, -0.15) is 5.26 Å². The largest absolute Gasteiger partial charge is 0.482 e. The summed E-state index contributed by atoms with van der Waals surface area (Å²) in [6.07, 6.45) is 0. The van der Waals surface area contributed by atoms with Crippen molar-refractivity contribution in [2.24, 2.45) is 0 Å². The number of para-hydroxylation sites is 1. The third-order valence-electron chi connectivity index (χ3n) is 3.02. The minimum atomic E-state index is -0.638. The molecule has 0 aliphatic rings. The molecule has 2 rings (SSSR count). The highest BCUT2D eigenvalue weighted by Crippen LogP contribution is 2.16. The van der Waals surface area contributed by atoms with Gasteiger partial charge in [-0.05, 0) is 24.3 Å². The first kappa shape index (κ1) is 17.4. The molecule has 0 saturated heterocycles. The van der Waals surface area contributed by atoms with Crippen LogP contribution in [0.3, 0.4) is 0 Å². The number of nitrogens with zero attached hydrogens (tertiary/aromatic N) is 2. The number of ether oxygens (including phenoxy) is 1. The number of hydrazine groups is 1. The molecule has 2 aromatic carbocycles. The van der Waals surface area contributed by atoms with Crippen LogP contribution in [0, 0.1) is 21.4 Å². The molecule has 0 unspecified atom stereocenters. The maximum Gasteiger partial charge on any atom is 0.276 e. The second kappa shape index (κ2) is 8.07. The van der Waals surface area contributed by atoms with E-state index in [9.17, 15) is 19.7 Å². The van der Waals surface area contributed by atoms with Crippen LogP contribution in [0.25, 0.3) is 0 Å². The van der Waals surface area contributed by atoms with Crippen LogP contribution in [0.4, 0.5) is 5.69 Å². The maximum absolute atomic E-state index is 11.8. The van der Waals surface area contributed by atoms with Crippen LogP contribution in [0.5, 0.6) is 5.75 Å². The molecule has 0 bridgehead atoms. The Balaban J connectivity index is 1.84. The molecule has 2 amide bonds. The highest BCUT2D eigenvalue weighted by atomic mass is 16.6. The zero-order valence-corrected chi connectivity index (χ0v) is 12.8. The monoisotopic (exact) mass is 340 g/mol. The third-order valence-corrected chi connectivity index (χ3v) is 3.02. The van der Waals surface area contributed by atoms with E-state index in [0.29, 0.717) is 0 Å². The van der Waals surface area contributed by atoms with Gasteiger partial charge in [0.15, 0.2) is 6.61 Å². The van der Waals surface area contributed by atoms with Crippen molar-refractivity contribution < 1.29 is 19.2 Å². The number of carbonyl (C=O) groups excluding carboxylic acids is 2. The van der Waals surface area contributed by atoms with Crippen molar-refractivity contribution in [3.8, 4) is 11.8 Å². The fraction of sp³-hybridized carbons (Fsp3) is 0.0625.